The minimum atomic E-state index is -0.239. The van der Waals surface area contributed by atoms with Crippen LogP contribution in [0.1, 0.15) is 12.5 Å². The maximum atomic E-state index is 13.0. The molecule has 1 saturated heterocycles. The molecule has 1 amide bonds. The predicted octanol–water partition coefficient (Wildman–Crippen LogP) is 3.83. The number of halogens is 2. The number of piperazine rings is 1. The van der Waals surface area contributed by atoms with Crippen molar-refractivity contribution in [2.24, 2.45) is 0 Å². The van der Waals surface area contributed by atoms with Gasteiger partial charge in [-0.1, -0.05) is 34.1 Å². The van der Waals surface area contributed by atoms with Gasteiger partial charge in [0.1, 0.15) is 5.82 Å². The molecule has 0 bridgehead atoms. The van der Waals surface area contributed by atoms with E-state index in [4.69, 9.17) is 0 Å². The van der Waals surface area contributed by atoms with E-state index in [9.17, 15) is 9.18 Å². The Balaban J connectivity index is 1.72. The molecule has 0 N–H and O–H groups in total. The summed E-state index contributed by atoms with van der Waals surface area (Å²) in [7, 11) is 0. The molecule has 3 nitrogen and oxygen atoms in total. The normalized spacial score (nSPS) is 19.2. The third-order valence-electron chi connectivity index (χ3n) is 4.20. The second-order valence-corrected chi connectivity index (χ2v) is 6.66. The summed E-state index contributed by atoms with van der Waals surface area (Å²) >= 11 is 3.45. The Bertz CT molecular complexity index is 704. The van der Waals surface area contributed by atoms with E-state index in [1.54, 1.807) is 12.1 Å². The molecule has 1 aliphatic rings. The van der Waals surface area contributed by atoms with E-state index in [-0.39, 0.29) is 17.8 Å². The lowest BCUT2D eigenvalue weighted by molar-refractivity contribution is -0.125. The highest BCUT2D eigenvalue weighted by molar-refractivity contribution is 9.10. The Hall–Kier alpha value is -1.72. The van der Waals surface area contributed by atoms with Crippen LogP contribution in [-0.4, -0.2) is 29.9 Å². The minimum Gasteiger partial charge on any atom is -0.310 e. The summed E-state index contributed by atoms with van der Waals surface area (Å²) in [6.07, 6.45) is 0. The average Bonchev–Trinajstić information content (AvgIpc) is 2.54. The van der Waals surface area contributed by atoms with Crippen molar-refractivity contribution in [3.63, 3.8) is 0 Å². The summed E-state index contributed by atoms with van der Waals surface area (Å²) in [6.45, 7) is 4.02. The number of rotatable bonds is 3. The summed E-state index contributed by atoms with van der Waals surface area (Å²) in [6, 6.07) is 14.0. The zero-order valence-corrected chi connectivity index (χ0v) is 14.5. The van der Waals surface area contributed by atoms with Crippen LogP contribution in [0.25, 0.3) is 0 Å². The zero-order chi connectivity index (χ0) is 16.4. The smallest absolute Gasteiger partial charge is 0.244 e. The fourth-order valence-corrected chi connectivity index (χ4v) is 3.24. The summed E-state index contributed by atoms with van der Waals surface area (Å²) in [5, 5.41) is 0. The van der Waals surface area contributed by atoms with E-state index in [1.807, 2.05) is 36.1 Å². The maximum Gasteiger partial charge on any atom is 0.244 e. The fourth-order valence-electron chi connectivity index (χ4n) is 2.85. The number of hydrogen-bond acceptors (Lipinski definition) is 2. The van der Waals surface area contributed by atoms with Crippen molar-refractivity contribution in [2.75, 3.05) is 18.0 Å². The van der Waals surface area contributed by atoms with Gasteiger partial charge in [-0.3, -0.25) is 9.69 Å². The van der Waals surface area contributed by atoms with E-state index >= 15 is 0 Å². The molecule has 0 spiro atoms. The number of nitrogens with zero attached hydrogens (tertiary/aromatic N) is 2. The maximum absolute atomic E-state index is 13.0. The summed E-state index contributed by atoms with van der Waals surface area (Å²) < 4.78 is 14.0. The molecule has 120 valence electrons. The second kappa shape index (κ2) is 6.81. The van der Waals surface area contributed by atoms with Crippen molar-refractivity contribution in [2.45, 2.75) is 19.5 Å². The quantitative estimate of drug-likeness (QED) is 0.812. The van der Waals surface area contributed by atoms with Gasteiger partial charge in [0.15, 0.2) is 0 Å². The highest BCUT2D eigenvalue weighted by atomic mass is 79.9. The van der Waals surface area contributed by atoms with Crippen molar-refractivity contribution in [1.29, 1.82) is 0 Å². The molecule has 0 saturated carbocycles. The van der Waals surface area contributed by atoms with Crippen molar-refractivity contribution >= 4 is 27.5 Å². The molecule has 2 aromatic rings. The lowest BCUT2D eigenvalue weighted by Gasteiger charge is -2.39. The Morgan fingerprint density at radius 1 is 1.17 bits per heavy atom. The lowest BCUT2D eigenvalue weighted by Crippen LogP contribution is -2.55. The first-order valence-electron chi connectivity index (χ1n) is 7.60. The first kappa shape index (κ1) is 16.1. The summed E-state index contributed by atoms with van der Waals surface area (Å²) in [5.74, 6) is -0.145. The van der Waals surface area contributed by atoms with Crippen molar-refractivity contribution < 1.29 is 9.18 Å². The first-order valence-corrected chi connectivity index (χ1v) is 8.39. The number of amides is 1. The van der Waals surface area contributed by atoms with Gasteiger partial charge < -0.3 is 4.90 Å². The number of benzene rings is 2. The molecule has 3 rings (SSSR count). The molecule has 0 aliphatic carbocycles. The third kappa shape index (κ3) is 3.62. The van der Waals surface area contributed by atoms with Crippen LogP contribution < -0.4 is 4.90 Å². The lowest BCUT2D eigenvalue weighted by atomic mass is 10.1. The minimum absolute atomic E-state index is 0.0939. The second-order valence-electron chi connectivity index (χ2n) is 5.74. The van der Waals surface area contributed by atoms with Crippen LogP contribution in [0.4, 0.5) is 10.1 Å². The van der Waals surface area contributed by atoms with Gasteiger partial charge in [0, 0.05) is 29.8 Å². The molecule has 23 heavy (non-hydrogen) atoms. The van der Waals surface area contributed by atoms with Gasteiger partial charge in [-0.15, -0.1) is 0 Å². The number of hydrogen-bond donors (Lipinski definition) is 0. The van der Waals surface area contributed by atoms with E-state index < -0.39 is 0 Å². The van der Waals surface area contributed by atoms with Crippen molar-refractivity contribution in [1.82, 2.24) is 4.90 Å². The van der Waals surface area contributed by atoms with Crippen LogP contribution >= 0.6 is 15.9 Å². The molecule has 0 aromatic heterocycles. The largest absolute Gasteiger partial charge is 0.310 e. The van der Waals surface area contributed by atoms with Crippen LogP contribution in [-0.2, 0) is 11.3 Å². The molecular weight excluding hydrogens is 359 g/mol. The Morgan fingerprint density at radius 2 is 1.91 bits per heavy atom. The van der Waals surface area contributed by atoms with Crippen molar-refractivity contribution in [3.05, 3.63) is 64.4 Å². The molecule has 0 radical (unpaired) electrons. The van der Waals surface area contributed by atoms with E-state index in [0.29, 0.717) is 13.1 Å². The fraction of sp³-hybridized carbons (Fsp3) is 0.278. The Kier molecular flexibility index (Phi) is 4.78. The number of carbonyl (C=O) groups excluding carboxylic acids is 1. The standard InChI is InChI=1S/C18H18BrFN2O/c1-13-18(23)22(17-4-2-3-15(19)11-17)10-9-21(13)12-14-5-7-16(20)8-6-14/h2-8,11,13H,9-10,12H2,1H3/t13-/m0/s1. The van der Waals surface area contributed by atoms with Gasteiger partial charge in [-0.05, 0) is 42.8 Å². The summed E-state index contributed by atoms with van der Waals surface area (Å²) in [4.78, 5) is 16.7. The molecular formula is C18H18BrFN2O. The number of anilines is 1. The zero-order valence-electron chi connectivity index (χ0n) is 12.9. The van der Waals surface area contributed by atoms with Gasteiger partial charge in [-0.25, -0.2) is 4.39 Å². The van der Waals surface area contributed by atoms with Gasteiger partial charge in [0.05, 0.1) is 6.04 Å². The number of carbonyl (C=O) groups is 1. The van der Waals surface area contributed by atoms with Crippen LogP contribution in [0, 0.1) is 5.82 Å². The molecule has 0 unspecified atom stereocenters. The third-order valence-corrected chi connectivity index (χ3v) is 4.69. The van der Waals surface area contributed by atoms with Gasteiger partial charge in [-0.2, -0.15) is 0 Å². The highest BCUT2D eigenvalue weighted by Crippen LogP contribution is 2.24. The Morgan fingerprint density at radius 3 is 2.61 bits per heavy atom. The molecule has 2 aromatic carbocycles. The molecule has 1 fully saturated rings. The SMILES string of the molecule is C[C@H]1C(=O)N(c2cccc(Br)c2)CCN1Cc1ccc(F)cc1. The van der Waals surface area contributed by atoms with Gasteiger partial charge >= 0.3 is 0 Å². The first-order chi connectivity index (χ1) is 11.0. The van der Waals surface area contributed by atoms with Gasteiger partial charge in [0.2, 0.25) is 5.91 Å². The molecule has 5 heteroatoms. The highest BCUT2D eigenvalue weighted by Gasteiger charge is 2.32. The van der Waals surface area contributed by atoms with Crippen LogP contribution in [0.3, 0.4) is 0 Å². The van der Waals surface area contributed by atoms with E-state index in [2.05, 4.69) is 20.8 Å². The monoisotopic (exact) mass is 376 g/mol. The predicted molar refractivity (Wildman–Crippen MR) is 92.8 cm³/mol. The van der Waals surface area contributed by atoms with Gasteiger partial charge in [0.25, 0.3) is 0 Å². The van der Waals surface area contributed by atoms with Crippen LogP contribution in [0.2, 0.25) is 0 Å². The molecule has 1 heterocycles. The molecule has 1 aliphatic heterocycles. The molecule has 1 atom stereocenters. The van der Waals surface area contributed by atoms with Crippen LogP contribution in [0.5, 0.6) is 0 Å². The topological polar surface area (TPSA) is 23.6 Å². The van der Waals surface area contributed by atoms with E-state index in [0.717, 1.165) is 22.3 Å². The Labute approximate surface area is 143 Å². The van der Waals surface area contributed by atoms with Crippen LogP contribution in [0.15, 0.2) is 53.0 Å². The van der Waals surface area contributed by atoms with Crippen molar-refractivity contribution in [3.8, 4) is 0 Å². The summed E-state index contributed by atoms with van der Waals surface area (Å²) in [5.41, 5.74) is 1.93. The van der Waals surface area contributed by atoms with E-state index in [1.165, 1.54) is 12.1 Å². The average molecular weight is 377 g/mol.